The second kappa shape index (κ2) is 4.78. The molecule has 0 fully saturated rings. The third-order valence-corrected chi connectivity index (χ3v) is 4.21. The summed E-state index contributed by atoms with van der Waals surface area (Å²) >= 11 is 0. The van der Waals surface area contributed by atoms with Crippen LogP contribution in [0.4, 0.5) is 11.4 Å². The molecule has 0 saturated carbocycles. The highest BCUT2D eigenvalue weighted by molar-refractivity contribution is 7.89. The number of para-hydroxylation sites is 1. The smallest absolute Gasteiger partial charge is 0.244 e. The summed E-state index contributed by atoms with van der Waals surface area (Å²) in [5, 5.41) is 3.19. The fourth-order valence-corrected chi connectivity index (χ4v) is 2.51. The van der Waals surface area contributed by atoms with E-state index in [-0.39, 0.29) is 16.1 Å². The van der Waals surface area contributed by atoms with E-state index in [2.05, 4.69) is 5.32 Å². The fourth-order valence-electron chi connectivity index (χ4n) is 1.48. The molecule has 0 bridgehead atoms. The molecule has 0 aliphatic heterocycles. The van der Waals surface area contributed by atoms with Crippen LogP contribution in [-0.4, -0.2) is 32.4 Å². The number of nitrogen functional groups attached to an aromatic ring is 1. The molecule has 1 aromatic carbocycles. The molecule has 0 heterocycles. The molecule has 0 aliphatic carbocycles. The summed E-state index contributed by atoms with van der Waals surface area (Å²) < 4.78 is 25.3. The van der Waals surface area contributed by atoms with E-state index in [0.717, 1.165) is 4.31 Å². The first-order valence-electron chi connectivity index (χ1n) is 5.65. The van der Waals surface area contributed by atoms with E-state index >= 15 is 0 Å². The first-order chi connectivity index (χ1) is 8.05. The second-order valence-electron chi connectivity index (χ2n) is 5.38. The van der Waals surface area contributed by atoms with Crippen molar-refractivity contribution in [1.82, 2.24) is 4.31 Å². The molecular formula is C12H21N3O2S. The molecule has 6 heteroatoms. The Bertz CT molecular complexity index is 531. The molecule has 0 saturated heterocycles. The minimum atomic E-state index is -3.52. The maximum Gasteiger partial charge on any atom is 0.244 e. The minimum Gasteiger partial charge on any atom is -0.396 e. The Labute approximate surface area is 109 Å². The zero-order valence-corrected chi connectivity index (χ0v) is 12.3. The van der Waals surface area contributed by atoms with Gasteiger partial charge in [0.1, 0.15) is 4.90 Å². The first kappa shape index (κ1) is 14.8. The van der Waals surface area contributed by atoms with Crippen molar-refractivity contribution in [2.24, 2.45) is 0 Å². The van der Waals surface area contributed by atoms with Gasteiger partial charge in [0.15, 0.2) is 0 Å². The molecule has 0 amide bonds. The SMILES string of the molecule is CN(C)S(=O)(=O)c1cccc(NC(C)(C)C)c1N. The Hall–Kier alpha value is -1.27. The molecule has 5 nitrogen and oxygen atoms in total. The van der Waals surface area contributed by atoms with Crippen LogP contribution in [0, 0.1) is 0 Å². The summed E-state index contributed by atoms with van der Waals surface area (Å²) in [6.45, 7) is 5.96. The largest absolute Gasteiger partial charge is 0.396 e. The molecule has 1 rings (SSSR count). The van der Waals surface area contributed by atoms with E-state index < -0.39 is 10.0 Å². The van der Waals surface area contributed by atoms with Crippen molar-refractivity contribution in [3.8, 4) is 0 Å². The summed E-state index contributed by atoms with van der Waals surface area (Å²) in [5.74, 6) is 0. The lowest BCUT2D eigenvalue weighted by Gasteiger charge is -2.24. The Balaban J connectivity index is 3.31. The zero-order valence-electron chi connectivity index (χ0n) is 11.5. The van der Waals surface area contributed by atoms with Crippen molar-refractivity contribution in [2.45, 2.75) is 31.2 Å². The van der Waals surface area contributed by atoms with Crippen LogP contribution in [0.2, 0.25) is 0 Å². The maximum atomic E-state index is 12.1. The molecule has 0 unspecified atom stereocenters. The van der Waals surface area contributed by atoms with Gasteiger partial charge in [-0.15, -0.1) is 0 Å². The topological polar surface area (TPSA) is 75.4 Å². The summed E-state index contributed by atoms with van der Waals surface area (Å²) in [6, 6.07) is 4.97. The lowest BCUT2D eigenvalue weighted by Crippen LogP contribution is -2.28. The Kier molecular flexibility index (Phi) is 3.92. The van der Waals surface area contributed by atoms with Crippen molar-refractivity contribution in [1.29, 1.82) is 0 Å². The number of hydrogen-bond acceptors (Lipinski definition) is 4. The number of benzene rings is 1. The first-order valence-corrected chi connectivity index (χ1v) is 7.09. The molecule has 102 valence electrons. The molecule has 3 N–H and O–H groups in total. The van der Waals surface area contributed by atoms with Crippen molar-refractivity contribution in [3.05, 3.63) is 18.2 Å². The molecule has 0 aromatic heterocycles. The highest BCUT2D eigenvalue weighted by Gasteiger charge is 2.22. The van der Waals surface area contributed by atoms with Gasteiger partial charge in [-0.25, -0.2) is 12.7 Å². The Morgan fingerprint density at radius 1 is 1.22 bits per heavy atom. The number of anilines is 2. The number of nitrogens with zero attached hydrogens (tertiary/aromatic N) is 1. The number of nitrogens with one attached hydrogen (secondary N) is 1. The van der Waals surface area contributed by atoms with Gasteiger partial charge in [0.05, 0.1) is 11.4 Å². The van der Waals surface area contributed by atoms with Gasteiger partial charge in [0.2, 0.25) is 10.0 Å². The summed E-state index contributed by atoms with van der Waals surface area (Å²) in [6.07, 6.45) is 0. The van der Waals surface area contributed by atoms with E-state index in [1.807, 2.05) is 20.8 Å². The number of rotatable bonds is 3. The van der Waals surface area contributed by atoms with E-state index in [1.54, 1.807) is 12.1 Å². The molecule has 18 heavy (non-hydrogen) atoms. The Morgan fingerprint density at radius 3 is 2.22 bits per heavy atom. The number of sulfonamides is 1. The third kappa shape index (κ3) is 3.14. The van der Waals surface area contributed by atoms with Crippen molar-refractivity contribution in [2.75, 3.05) is 25.1 Å². The van der Waals surface area contributed by atoms with Gasteiger partial charge in [0.25, 0.3) is 0 Å². The van der Waals surface area contributed by atoms with Gasteiger partial charge in [-0.1, -0.05) is 6.07 Å². The standard InChI is InChI=1S/C12H21N3O2S/c1-12(2,3)14-9-7-6-8-10(11(9)13)18(16,17)15(4)5/h6-8,14H,13H2,1-5H3. The van der Waals surface area contributed by atoms with E-state index in [0.29, 0.717) is 5.69 Å². The molecule has 0 radical (unpaired) electrons. The molecule has 0 atom stereocenters. The third-order valence-electron chi connectivity index (χ3n) is 2.33. The van der Waals surface area contributed by atoms with Gasteiger partial charge in [-0.2, -0.15) is 0 Å². The van der Waals surface area contributed by atoms with Crippen LogP contribution >= 0.6 is 0 Å². The second-order valence-corrected chi connectivity index (χ2v) is 7.50. The van der Waals surface area contributed by atoms with Crippen molar-refractivity contribution < 1.29 is 8.42 Å². The van der Waals surface area contributed by atoms with Crippen LogP contribution in [-0.2, 0) is 10.0 Å². The highest BCUT2D eigenvalue weighted by atomic mass is 32.2. The normalized spacial score (nSPS) is 12.8. The number of hydrogen-bond donors (Lipinski definition) is 2. The number of nitrogens with two attached hydrogens (primary N) is 1. The molecule has 1 aromatic rings. The van der Waals surface area contributed by atoms with Crippen LogP contribution < -0.4 is 11.1 Å². The molecule has 0 aliphatic rings. The quantitative estimate of drug-likeness (QED) is 0.821. The fraction of sp³-hybridized carbons (Fsp3) is 0.500. The molecule has 0 spiro atoms. The van der Waals surface area contributed by atoms with Crippen molar-refractivity contribution >= 4 is 21.4 Å². The van der Waals surface area contributed by atoms with Crippen LogP contribution in [0.25, 0.3) is 0 Å². The van der Waals surface area contributed by atoms with Gasteiger partial charge < -0.3 is 11.1 Å². The van der Waals surface area contributed by atoms with E-state index in [1.165, 1.54) is 20.2 Å². The lowest BCUT2D eigenvalue weighted by molar-refractivity contribution is 0.521. The van der Waals surface area contributed by atoms with Gasteiger partial charge in [0, 0.05) is 19.6 Å². The van der Waals surface area contributed by atoms with Crippen LogP contribution in [0.3, 0.4) is 0 Å². The Morgan fingerprint density at radius 2 is 1.78 bits per heavy atom. The summed E-state index contributed by atoms with van der Waals surface area (Å²) in [4.78, 5) is 0.127. The average molecular weight is 271 g/mol. The van der Waals surface area contributed by atoms with E-state index in [9.17, 15) is 8.42 Å². The molecular weight excluding hydrogens is 250 g/mol. The van der Waals surface area contributed by atoms with Crippen LogP contribution in [0.1, 0.15) is 20.8 Å². The van der Waals surface area contributed by atoms with Gasteiger partial charge in [-0.05, 0) is 32.9 Å². The lowest BCUT2D eigenvalue weighted by atomic mass is 10.1. The summed E-state index contributed by atoms with van der Waals surface area (Å²) in [5.41, 5.74) is 6.64. The maximum absolute atomic E-state index is 12.1. The zero-order chi connectivity index (χ0) is 14.1. The predicted molar refractivity (Wildman–Crippen MR) is 75.1 cm³/mol. The monoisotopic (exact) mass is 271 g/mol. The minimum absolute atomic E-state index is 0.127. The van der Waals surface area contributed by atoms with Crippen LogP contribution in [0.5, 0.6) is 0 Å². The van der Waals surface area contributed by atoms with Crippen molar-refractivity contribution in [3.63, 3.8) is 0 Å². The van der Waals surface area contributed by atoms with Crippen LogP contribution in [0.15, 0.2) is 23.1 Å². The van der Waals surface area contributed by atoms with Gasteiger partial charge in [-0.3, -0.25) is 0 Å². The average Bonchev–Trinajstić information content (AvgIpc) is 2.18. The highest BCUT2D eigenvalue weighted by Crippen LogP contribution is 2.29. The van der Waals surface area contributed by atoms with Gasteiger partial charge >= 0.3 is 0 Å². The van der Waals surface area contributed by atoms with E-state index in [4.69, 9.17) is 5.73 Å². The summed E-state index contributed by atoms with van der Waals surface area (Å²) in [7, 11) is -0.548. The predicted octanol–water partition coefficient (Wildman–Crippen LogP) is 1.73.